The molecule has 0 atom stereocenters. The Hall–Kier alpha value is -2.69. The molecule has 19 heavy (non-hydrogen) atoms. The minimum absolute atomic E-state index is 0.370. The first-order valence-corrected chi connectivity index (χ1v) is 5.76. The minimum Gasteiger partial charge on any atom is -0.465 e. The number of carbonyl (C=O) groups excluding carboxylic acids is 1. The van der Waals surface area contributed by atoms with Gasteiger partial charge in [-0.2, -0.15) is 0 Å². The van der Waals surface area contributed by atoms with Crippen molar-refractivity contribution in [2.24, 2.45) is 0 Å². The summed E-state index contributed by atoms with van der Waals surface area (Å²) in [6.07, 6.45) is 6.82. The Kier molecular flexibility index (Phi) is 2.72. The van der Waals surface area contributed by atoms with E-state index in [4.69, 9.17) is 4.74 Å². The quantitative estimate of drug-likeness (QED) is 0.657. The third-order valence-electron chi connectivity index (χ3n) is 2.91. The molecule has 0 aliphatic heterocycles. The summed E-state index contributed by atoms with van der Waals surface area (Å²) in [5.74, 6) is -0.370. The highest BCUT2D eigenvalue weighted by Crippen LogP contribution is 2.23. The van der Waals surface area contributed by atoms with Gasteiger partial charge in [0.05, 0.1) is 18.4 Å². The van der Waals surface area contributed by atoms with Gasteiger partial charge in [0.2, 0.25) is 0 Å². The normalized spacial score (nSPS) is 10.6. The standard InChI is InChI=1S/C14H11N3O2/c1-19-14(18)12-9-17(10-4-7-15-8-5-10)13-11(12)3-2-6-16-13/h2-9H,1H3. The Bertz CT molecular complexity index is 735. The van der Waals surface area contributed by atoms with Crippen molar-refractivity contribution < 1.29 is 9.53 Å². The summed E-state index contributed by atoms with van der Waals surface area (Å²) in [6.45, 7) is 0. The van der Waals surface area contributed by atoms with Crippen molar-refractivity contribution in [1.29, 1.82) is 0 Å². The first-order valence-electron chi connectivity index (χ1n) is 5.76. The van der Waals surface area contributed by atoms with E-state index in [1.807, 2.05) is 22.8 Å². The predicted octanol–water partition coefficient (Wildman–Crippen LogP) is 2.21. The molecule has 0 N–H and O–H groups in total. The summed E-state index contributed by atoms with van der Waals surface area (Å²) < 4.78 is 6.65. The number of hydrogen-bond donors (Lipinski definition) is 0. The highest BCUT2D eigenvalue weighted by Gasteiger charge is 2.16. The van der Waals surface area contributed by atoms with Gasteiger partial charge in [-0.25, -0.2) is 9.78 Å². The van der Waals surface area contributed by atoms with Crippen molar-refractivity contribution in [3.8, 4) is 5.69 Å². The largest absolute Gasteiger partial charge is 0.465 e. The van der Waals surface area contributed by atoms with Crippen LogP contribution in [0.3, 0.4) is 0 Å². The summed E-state index contributed by atoms with van der Waals surface area (Å²) >= 11 is 0. The monoisotopic (exact) mass is 253 g/mol. The van der Waals surface area contributed by atoms with Gasteiger partial charge in [0.25, 0.3) is 0 Å². The zero-order chi connectivity index (χ0) is 13.2. The molecule has 0 bridgehead atoms. The first-order chi connectivity index (χ1) is 9.31. The minimum atomic E-state index is -0.370. The number of nitrogens with zero attached hydrogens (tertiary/aromatic N) is 3. The molecule has 94 valence electrons. The zero-order valence-corrected chi connectivity index (χ0v) is 10.3. The van der Waals surface area contributed by atoms with Crippen molar-refractivity contribution >= 4 is 17.0 Å². The van der Waals surface area contributed by atoms with Gasteiger partial charge in [-0.05, 0) is 24.3 Å². The second-order valence-electron chi connectivity index (χ2n) is 3.98. The fraction of sp³-hybridized carbons (Fsp3) is 0.0714. The van der Waals surface area contributed by atoms with Crippen molar-refractivity contribution in [3.05, 3.63) is 54.6 Å². The van der Waals surface area contributed by atoms with Crippen molar-refractivity contribution in [3.63, 3.8) is 0 Å². The summed E-state index contributed by atoms with van der Waals surface area (Å²) in [5, 5.41) is 0.770. The highest BCUT2D eigenvalue weighted by molar-refractivity contribution is 6.03. The molecule has 0 fully saturated rings. The number of ether oxygens (including phenoxy) is 1. The number of esters is 1. The molecule has 0 saturated heterocycles. The van der Waals surface area contributed by atoms with E-state index in [1.54, 1.807) is 30.9 Å². The Balaban J connectivity index is 2.29. The van der Waals surface area contributed by atoms with E-state index >= 15 is 0 Å². The van der Waals surface area contributed by atoms with Gasteiger partial charge in [0, 0.05) is 30.2 Å². The van der Waals surface area contributed by atoms with Gasteiger partial charge in [-0.3, -0.25) is 4.98 Å². The fourth-order valence-corrected chi connectivity index (χ4v) is 2.03. The van der Waals surface area contributed by atoms with Gasteiger partial charge in [0.1, 0.15) is 5.65 Å². The molecule has 0 radical (unpaired) electrons. The Morgan fingerprint density at radius 3 is 2.74 bits per heavy atom. The molecular formula is C14H11N3O2. The molecule has 0 aromatic carbocycles. The smallest absolute Gasteiger partial charge is 0.340 e. The Morgan fingerprint density at radius 1 is 1.21 bits per heavy atom. The first kappa shape index (κ1) is 11.4. The van der Waals surface area contributed by atoms with Crippen molar-refractivity contribution in [1.82, 2.24) is 14.5 Å². The van der Waals surface area contributed by atoms with Crippen molar-refractivity contribution in [2.75, 3.05) is 7.11 Å². The van der Waals surface area contributed by atoms with E-state index in [0.29, 0.717) is 11.2 Å². The molecule has 3 heterocycles. The van der Waals surface area contributed by atoms with Crippen LogP contribution in [0.4, 0.5) is 0 Å². The average Bonchev–Trinajstić information content (AvgIpc) is 2.87. The zero-order valence-electron chi connectivity index (χ0n) is 10.3. The topological polar surface area (TPSA) is 57.0 Å². The van der Waals surface area contributed by atoms with Gasteiger partial charge >= 0.3 is 5.97 Å². The van der Waals surface area contributed by atoms with Crippen LogP contribution in [0.2, 0.25) is 0 Å². The Labute approximate surface area is 109 Å². The van der Waals surface area contributed by atoms with Crippen LogP contribution < -0.4 is 0 Å². The predicted molar refractivity (Wildman–Crippen MR) is 70.2 cm³/mol. The molecule has 0 amide bonds. The van der Waals surface area contributed by atoms with E-state index in [0.717, 1.165) is 11.1 Å². The molecule has 3 aromatic heterocycles. The number of aromatic nitrogens is 3. The molecule has 0 unspecified atom stereocenters. The molecule has 0 aliphatic rings. The molecule has 0 aliphatic carbocycles. The van der Waals surface area contributed by atoms with Crippen LogP contribution in [-0.4, -0.2) is 27.6 Å². The third-order valence-corrected chi connectivity index (χ3v) is 2.91. The maximum absolute atomic E-state index is 11.8. The fourth-order valence-electron chi connectivity index (χ4n) is 2.03. The highest BCUT2D eigenvalue weighted by atomic mass is 16.5. The summed E-state index contributed by atoms with van der Waals surface area (Å²) in [4.78, 5) is 20.1. The second kappa shape index (κ2) is 4.53. The van der Waals surface area contributed by atoms with Crippen LogP contribution in [0.5, 0.6) is 0 Å². The summed E-state index contributed by atoms with van der Waals surface area (Å²) in [5.41, 5.74) is 2.12. The van der Waals surface area contributed by atoms with Crippen LogP contribution in [0.25, 0.3) is 16.7 Å². The number of carbonyl (C=O) groups is 1. The molecule has 0 saturated carbocycles. The van der Waals surface area contributed by atoms with Crippen LogP contribution >= 0.6 is 0 Å². The van der Waals surface area contributed by atoms with Crippen LogP contribution in [0, 0.1) is 0 Å². The van der Waals surface area contributed by atoms with E-state index in [2.05, 4.69) is 9.97 Å². The van der Waals surface area contributed by atoms with E-state index < -0.39 is 0 Å². The van der Waals surface area contributed by atoms with Crippen LogP contribution in [-0.2, 0) is 4.74 Å². The van der Waals surface area contributed by atoms with E-state index in [-0.39, 0.29) is 5.97 Å². The number of rotatable bonds is 2. The van der Waals surface area contributed by atoms with Crippen LogP contribution in [0.15, 0.2) is 49.1 Å². The SMILES string of the molecule is COC(=O)c1cn(-c2ccncc2)c2ncccc12. The van der Waals surface area contributed by atoms with Gasteiger partial charge in [-0.1, -0.05) is 0 Å². The molecular weight excluding hydrogens is 242 g/mol. The maximum Gasteiger partial charge on any atom is 0.340 e. The van der Waals surface area contributed by atoms with E-state index in [9.17, 15) is 4.79 Å². The number of methoxy groups -OCH3 is 1. The lowest BCUT2D eigenvalue weighted by molar-refractivity contribution is 0.0603. The molecule has 5 nitrogen and oxygen atoms in total. The number of hydrogen-bond acceptors (Lipinski definition) is 4. The van der Waals surface area contributed by atoms with Crippen molar-refractivity contribution in [2.45, 2.75) is 0 Å². The average molecular weight is 253 g/mol. The number of fused-ring (bicyclic) bond motifs is 1. The van der Waals surface area contributed by atoms with E-state index in [1.165, 1.54) is 7.11 Å². The lowest BCUT2D eigenvalue weighted by atomic mass is 10.2. The van der Waals surface area contributed by atoms with Crippen LogP contribution in [0.1, 0.15) is 10.4 Å². The van der Waals surface area contributed by atoms with Gasteiger partial charge in [0.15, 0.2) is 0 Å². The molecule has 0 spiro atoms. The molecule has 3 aromatic rings. The van der Waals surface area contributed by atoms with Gasteiger partial charge in [-0.15, -0.1) is 0 Å². The lowest BCUT2D eigenvalue weighted by Gasteiger charge is -2.02. The molecule has 3 rings (SSSR count). The Morgan fingerprint density at radius 2 is 2.00 bits per heavy atom. The molecule has 5 heteroatoms. The third kappa shape index (κ3) is 1.85. The van der Waals surface area contributed by atoms with Gasteiger partial charge < -0.3 is 9.30 Å². The lowest BCUT2D eigenvalue weighted by Crippen LogP contribution is -1.99. The number of pyridine rings is 2. The summed E-state index contributed by atoms with van der Waals surface area (Å²) in [7, 11) is 1.37. The second-order valence-corrected chi connectivity index (χ2v) is 3.98. The summed E-state index contributed by atoms with van der Waals surface area (Å²) in [6, 6.07) is 7.36. The maximum atomic E-state index is 11.8.